The van der Waals surface area contributed by atoms with E-state index in [1.54, 1.807) is 11.8 Å². The molecule has 0 fully saturated rings. The summed E-state index contributed by atoms with van der Waals surface area (Å²) in [7, 11) is 0. The lowest BCUT2D eigenvalue weighted by atomic mass is 10.2. The van der Waals surface area contributed by atoms with Crippen LogP contribution in [0.15, 0.2) is 35.6 Å². The van der Waals surface area contributed by atoms with Gasteiger partial charge in [-0.1, -0.05) is 17.8 Å². The minimum Gasteiger partial charge on any atom is -0.467 e. The van der Waals surface area contributed by atoms with E-state index in [4.69, 9.17) is 9.47 Å². The Balaban J connectivity index is 1.56. The topological polar surface area (TPSA) is 60.0 Å². The van der Waals surface area contributed by atoms with Crippen molar-refractivity contribution in [3.63, 3.8) is 0 Å². The number of H-pyrrole nitrogens is 1. The Kier molecular flexibility index (Phi) is 3.48. The van der Waals surface area contributed by atoms with Crippen LogP contribution in [0.4, 0.5) is 0 Å². The SMILES string of the molecule is Cc1ccc(CSc2nc3cc4c(cc3[nH]2)COCO4)nc1. The number of fused-ring (bicyclic) bond motifs is 2. The van der Waals surface area contributed by atoms with Crippen molar-refractivity contribution in [3.05, 3.63) is 47.3 Å². The second kappa shape index (κ2) is 5.62. The average Bonchev–Trinajstić information content (AvgIpc) is 2.93. The van der Waals surface area contributed by atoms with Crippen LogP contribution in [0.2, 0.25) is 0 Å². The fourth-order valence-electron chi connectivity index (χ4n) is 2.36. The van der Waals surface area contributed by atoms with E-state index in [1.807, 2.05) is 25.3 Å². The van der Waals surface area contributed by atoms with Crippen molar-refractivity contribution < 1.29 is 9.47 Å². The van der Waals surface area contributed by atoms with Crippen LogP contribution in [-0.4, -0.2) is 21.7 Å². The summed E-state index contributed by atoms with van der Waals surface area (Å²) in [5, 5.41) is 0.889. The predicted molar refractivity (Wildman–Crippen MR) is 84.9 cm³/mol. The lowest BCUT2D eigenvalue weighted by Gasteiger charge is -2.16. The summed E-state index contributed by atoms with van der Waals surface area (Å²) in [6.45, 7) is 2.93. The predicted octanol–water partition coefficient (Wildman–Crippen LogP) is 3.43. The first-order valence-corrected chi connectivity index (χ1v) is 8.04. The van der Waals surface area contributed by atoms with E-state index in [0.717, 1.165) is 38.9 Å². The Labute approximate surface area is 132 Å². The van der Waals surface area contributed by atoms with E-state index in [-0.39, 0.29) is 0 Å². The molecular formula is C16H15N3O2S. The van der Waals surface area contributed by atoms with Crippen LogP contribution < -0.4 is 4.74 Å². The molecule has 0 bridgehead atoms. The number of aryl methyl sites for hydroxylation is 1. The molecule has 0 spiro atoms. The van der Waals surface area contributed by atoms with E-state index in [2.05, 4.69) is 27.1 Å². The van der Waals surface area contributed by atoms with Crippen LogP contribution in [0.1, 0.15) is 16.8 Å². The number of nitrogens with zero attached hydrogens (tertiary/aromatic N) is 2. The number of aromatic nitrogens is 3. The van der Waals surface area contributed by atoms with Gasteiger partial charge in [-0.15, -0.1) is 0 Å². The maximum atomic E-state index is 5.49. The molecule has 112 valence electrons. The molecule has 1 N–H and O–H groups in total. The standard InChI is InChI=1S/C16H15N3O2S/c1-10-2-3-12(17-6-10)8-22-16-18-13-4-11-7-20-9-21-15(11)5-14(13)19-16/h2-6H,7-9H2,1H3,(H,18,19). The van der Waals surface area contributed by atoms with Crippen molar-refractivity contribution >= 4 is 22.8 Å². The van der Waals surface area contributed by atoms with Gasteiger partial charge in [-0.25, -0.2) is 4.98 Å². The number of nitrogens with one attached hydrogen (secondary N) is 1. The molecule has 1 aromatic carbocycles. The molecule has 0 radical (unpaired) electrons. The molecule has 4 rings (SSSR count). The summed E-state index contributed by atoms with van der Waals surface area (Å²) in [5.41, 5.74) is 5.20. The second-order valence-electron chi connectivity index (χ2n) is 5.25. The molecule has 0 saturated carbocycles. The Morgan fingerprint density at radius 1 is 1.32 bits per heavy atom. The molecule has 3 heterocycles. The van der Waals surface area contributed by atoms with Crippen LogP contribution in [0.5, 0.6) is 5.75 Å². The van der Waals surface area contributed by atoms with Gasteiger partial charge in [0.05, 0.1) is 23.3 Å². The molecule has 1 aliphatic rings. The normalized spacial score (nSPS) is 13.9. The third-order valence-corrected chi connectivity index (χ3v) is 4.43. The Hall–Kier alpha value is -2.05. The number of aromatic amines is 1. The van der Waals surface area contributed by atoms with Gasteiger partial charge >= 0.3 is 0 Å². The van der Waals surface area contributed by atoms with Crippen LogP contribution in [0, 0.1) is 6.92 Å². The fourth-order valence-corrected chi connectivity index (χ4v) is 3.16. The van der Waals surface area contributed by atoms with E-state index in [9.17, 15) is 0 Å². The molecule has 1 aliphatic heterocycles. The molecule has 0 aliphatic carbocycles. The summed E-state index contributed by atoms with van der Waals surface area (Å²) in [5.74, 6) is 1.65. The van der Waals surface area contributed by atoms with Gasteiger partial charge in [0.2, 0.25) is 0 Å². The Bertz CT molecular complexity index is 771. The van der Waals surface area contributed by atoms with Gasteiger partial charge in [0.15, 0.2) is 11.9 Å². The molecule has 2 aromatic heterocycles. The van der Waals surface area contributed by atoms with Crippen molar-refractivity contribution in [2.24, 2.45) is 0 Å². The highest BCUT2D eigenvalue weighted by Crippen LogP contribution is 2.30. The highest BCUT2D eigenvalue weighted by Gasteiger charge is 2.14. The van der Waals surface area contributed by atoms with Gasteiger partial charge in [0, 0.05) is 23.6 Å². The summed E-state index contributed by atoms with van der Waals surface area (Å²) in [4.78, 5) is 12.4. The number of pyridine rings is 1. The summed E-state index contributed by atoms with van der Waals surface area (Å²) < 4.78 is 10.8. The molecule has 6 heteroatoms. The number of imidazole rings is 1. The summed E-state index contributed by atoms with van der Waals surface area (Å²) in [6, 6.07) is 8.14. The van der Waals surface area contributed by atoms with Crippen molar-refractivity contribution in [1.82, 2.24) is 15.0 Å². The molecular weight excluding hydrogens is 298 g/mol. The van der Waals surface area contributed by atoms with Gasteiger partial charge in [0.1, 0.15) is 5.75 Å². The summed E-state index contributed by atoms with van der Waals surface area (Å²) in [6.07, 6.45) is 1.89. The molecule has 0 atom stereocenters. The molecule has 3 aromatic rings. The lowest BCUT2D eigenvalue weighted by Crippen LogP contribution is -2.10. The molecule has 0 saturated heterocycles. The van der Waals surface area contributed by atoms with Crippen molar-refractivity contribution in [2.75, 3.05) is 6.79 Å². The van der Waals surface area contributed by atoms with Crippen molar-refractivity contribution in [2.45, 2.75) is 24.4 Å². The maximum absolute atomic E-state index is 5.49. The van der Waals surface area contributed by atoms with E-state index < -0.39 is 0 Å². The Morgan fingerprint density at radius 2 is 2.27 bits per heavy atom. The van der Waals surface area contributed by atoms with Crippen molar-refractivity contribution in [1.29, 1.82) is 0 Å². The second-order valence-corrected chi connectivity index (χ2v) is 6.21. The average molecular weight is 313 g/mol. The highest BCUT2D eigenvalue weighted by atomic mass is 32.2. The fraction of sp³-hybridized carbons (Fsp3) is 0.250. The van der Waals surface area contributed by atoms with Crippen molar-refractivity contribution in [3.8, 4) is 5.75 Å². The van der Waals surface area contributed by atoms with Gasteiger partial charge in [-0.3, -0.25) is 4.98 Å². The van der Waals surface area contributed by atoms with Crippen LogP contribution in [0.3, 0.4) is 0 Å². The largest absolute Gasteiger partial charge is 0.467 e. The number of rotatable bonds is 3. The third kappa shape index (κ3) is 2.67. The molecule has 5 nitrogen and oxygen atoms in total. The van der Waals surface area contributed by atoms with Gasteiger partial charge < -0.3 is 14.5 Å². The number of ether oxygens (including phenoxy) is 2. The first kappa shape index (κ1) is 13.6. The quantitative estimate of drug-likeness (QED) is 0.751. The minimum atomic E-state index is 0.309. The Morgan fingerprint density at radius 3 is 3.14 bits per heavy atom. The molecule has 0 amide bonds. The number of hydrogen-bond acceptors (Lipinski definition) is 5. The van der Waals surface area contributed by atoms with Gasteiger partial charge in [0.25, 0.3) is 0 Å². The zero-order valence-electron chi connectivity index (χ0n) is 12.1. The molecule has 0 unspecified atom stereocenters. The van der Waals surface area contributed by atoms with Crippen LogP contribution >= 0.6 is 11.8 Å². The van der Waals surface area contributed by atoms with Gasteiger partial charge in [-0.05, 0) is 24.6 Å². The van der Waals surface area contributed by atoms with E-state index in [1.165, 1.54) is 5.56 Å². The smallest absolute Gasteiger partial charge is 0.189 e. The number of hydrogen-bond donors (Lipinski definition) is 1. The molecule has 22 heavy (non-hydrogen) atoms. The lowest BCUT2D eigenvalue weighted by molar-refractivity contribution is -0.0161. The third-order valence-electron chi connectivity index (χ3n) is 3.53. The first-order chi connectivity index (χ1) is 10.8. The summed E-state index contributed by atoms with van der Waals surface area (Å²) >= 11 is 1.65. The van der Waals surface area contributed by atoms with Crippen LogP contribution in [0.25, 0.3) is 11.0 Å². The van der Waals surface area contributed by atoms with Gasteiger partial charge in [-0.2, -0.15) is 0 Å². The van der Waals surface area contributed by atoms with Crippen LogP contribution in [-0.2, 0) is 17.1 Å². The zero-order chi connectivity index (χ0) is 14.9. The zero-order valence-corrected chi connectivity index (χ0v) is 12.9. The van der Waals surface area contributed by atoms with E-state index in [0.29, 0.717) is 13.4 Å². The first-order valence-electron chi connectivity index (χ1n) is 7.05. The number of thioether (sulfide) groups is 1. The maximum Gasteiger partial charge on any atom is 0.189 e. The van der Waals surface area contributed by atoms with E-state index >= 15 is 0 Å². The minimum absolute atomic E-state index is 0.309. The number of benzene rings is 1. The monoisotopic (exact) mass is 313 g/mol. The highest BCUT2D eigenvalue weighted by molar-refractivity contribution is 7.98.